The minimum absolute atomic E-state index is 0.104. The first-order valence-electron chi connectivity index (χ1n) is 10.00. The zero-order chi connectivity index (χ0) is 21.9. The standard InChI is InChI=1S/C22H26N2O4S2/c1-4-15-7-6-8-16(5-2)21(15)24-20(25)11-12-30(27,28)17-9-10-19-18(13-17)23-22(26)14(3)29-19/h6-10,13-14H,4-5,11-12H2,1-3H3,(H,23,26)(H,24,25)/t14-/m0/s1. The van der Waals surface area contributed by atoms with Crippen LogP contribution >= 0.6 is 11.8 Å². The quantitative estimate of drug-likeness (QED) is 0.669. The molecule has 0 fully saturated rings. The normalized spacial score (nSPS) is 16.0. The lowest BCUT2D eigenvalue weighted by Gasteiger charge is -2.21. The van der Waals surface area contributed by atoms with Gasteiger partial charge in [0.1, 0.15) is 0 Å². The number of amides is 2. The van der Waals surface area contributed by atoms with Gasteiger partial charge in [0, 0.05) is 17.0 Å². The minimum Gasteiger partial charge on any atom is -0.326 e. The number of para-hydroxylation sites is 1. The van der Waals surface area contributed by atoms with Gasteiger partial charge in [0.2, 0.25) is 11.8 Å². The third kappa shape index (κ3) is 4.87. The number of anilines is 2. The maximum atomic E-state index is 12.8. The molecule has 160 valence electrons. The number of sulfone groups is 1. The highest BCUT2D eigenvalue weighted by atomic mass is 32.2. The monoisotopic (exact) mass is 446 g/mol. The van der Waals surface area contributed by atoms with Crippen molar-refractivity contribution < 1.29 is 18.0 Å². The summed E-state index contributed by atoms with van der Waals surface area (Å²) in [6.45, 7) is 5.83. The van der Waals surface area contributed by atoms with E-state index in [-0.39, 0.29) is 34.1 Å². The van der Waals surface area contributed by atoms with Gasteiger partial charge in [-0.1, -0.05) is 32.0 Å². The van der Waals surface area contributed by atoms with E-state index >= 15 is 0 Å². The van der Waals surface area contributed by atoms with Crippen LogP contribution in [0.15, 0.2) is 46.2 Å². The molecule has 0 bridgehead atoms. The Labute approximate surface area is 181 Å². The molecule has 0 saturated carbocycles. The van der Waals surface area contributed by atoms with E-state index in [1.54, 1.807) is 13.0 Å². The second kappa shape index (κ2) is 9.22. The molecule has 8 heteroatoms. The summed E-state index contributed by atoms with van der Waals surface area (Å²) in [6.07, 6.45) is 1.41. The molecule has 2 aromatic rings. The summed E-state index contributed by atoms with van der Waals surface area (Å²) in [7, 11) is -3.66. The third-order valence-corrected chi connectivity index (χ3v) is 7.99. The van der Waals surface area contributed by atoms with E-state index in [1.165, 1.54) is 23.9 Å². The van der Waals surface area contributed by atoms with Crippen LogP contribution in [0, 0.1) is 0 Å². The Balaban J connectivity index is 1.71. The van der Waals surface area contributed by atoms with Crippen molar-refractivity contribution in [2.75, 3.05) is 16.4 Å². The van der Waals surface area contributed by atoms with Crippen molar-refractivity contribution in [2.45, 2.75) is 55.1 Å². The lowest BCUT2D eigenvalue weighted by atomic mass is 10.0. The van der Waals surface area contributed by atoms with Gasteiger partial charge in [0.25, 0.3) is 0 Å². The van der Waals surface area contributed by atoms with E-state index in [0.717, 1.165) is 34.6 Å². The first kappa shape index (κ1) is 22.4. The Kier molecular flexibility index (Phi) is 6.88. The van der Waals surface area contributed by atoms with Gasteiger partial charge >= 0.3 is 0 Å². The Morgan fingerprint density at radius 1 is 1.13 bits per heavy atom. The molecule has 0 radical (unpaired) electrons. The highest BCUT2D eigenvalue weighted by Gasteiger charge is 2.25. The maximum absolute atomic E-state index is 12.8. The van der Waals surface area contributed by atoms with Crippen molar-refractivity contribution in [1.82, 2.24) is 0 Å². The molecule has 30 heavy (non-hydrogen) atoms. The molecule has 0 aliphatic carbocycles. The predicted molar refractivity (Wildman–Crippen MR) is 121 cm³/mol. The van der Waals surface area contributed by atoms with Crippen LogP contribution in [0.2, 0.25) is 0 Å². The summed E-state index contributed by atoms with van der Waals surface area (Å²) >= 11 is 1.39. The predicted octanol–water partition coefficient (Wildman–Crippen LogP) is 4.05. The molecule has 1 aliphatic heterocycles. The van der Waals surface area contributed by atoms with Crippen LogP contribution in [0.4, 0.5) is 11.4 Å². The summed E-state index contributed by atoms with van der Waals surface area (Å²) in [5.41, 5.74) is 3.34. The van der Waals surface area contributed by atoms with Gasteiger partial charge in [-0.25, -0.2) is 8.42 Å². The van der Waals surface area contributed by atoms with E-state index in [1.807, 2.05) is 32.0 Å². The Bertz CT molecular complexity index is 1060. The topological polar surface area (TPSA) is 92.3 Å². The summed E-state index contributed by atoms with van der Waals surface area (Å²) in [5.74, 6) is -0.780. The highest BCUT2D eigenvalue weighted by molar-refractivity contribution is 8.01. The van der Waals surface area contributed by atoms with Crippen LogP contribution in [-0.2, 0) is 32.3 Å². The van der Waals surface area contributed by atoms with Crippen LogP contribution in [-0.4, -0.2) is 31.2 Å². The van der Waals surface area contributed by atoms with Crippen molar-refractivity contribution in [3.05, 3.63) is 47.5 Å². The number of rotatable bonds is 7. The van der Waals surface area contributed by atoms with Gasteiger partial charge in [-0.2, -0.15) is 0 Å². The number of benzene rings is 2. The zero-order valence-electron chi connectivity index (χ0n) is 17.3. The van der Waals surface area contributed by atoms with Crippen LogP contribution in [0.25, 0.3) is 0 Å². The number of aryl methyl sites for hydroxylation is 2. The lowest BCUT2D eigenvalue weighted by Crippen LogP contribution is -2.26. The highest BCUT2D eigenvalue weighted by Crippen LogP contribution is 2.37. The molecule has 2 N–H and O–H groups in total. The summed E-state index contributed by atoms with van der Waals surface area (Å²) in [5, 5.41) is 5.42. The largest absolute Gasteiger partial charge is 0.326 e. The smallest absolute Gasteiger partial charge is 0.237 e. The van der Waals surface area contributed by atoms with E-state index in [0.29, 0.717) is 5.69 Å². The fourth-order valence-electron chi connectivity index (χ4n) is 3.33. The Hall–Kier alpha value is -2.32. The molecular weight excluding hydrogens is 420 g/mol. The summed E-state index contributed by atoms with van der Waals surface area (Å²) in [6, 6.07) is 10.6. The van der Waals surface area contributed by atoms with Gasteiger partial charge in [-0.05, 0) is 49.1 Å². The van der Waals surface area contributed by atoms with Gasteiger partial charge in [0.05, 0.1) is 21.6 Å². The number of carbonyl (C=O) groups is 2. The molecule has 1 heterocycles. The minimum atomic E-state index is -3.66. The second-order valence-electron chi connectivity index (χ2n) is 7.18. The fraction of sp³-hybridized carbons (Fsp3) is 0.364. The Morgan fingerprint density at radius 3 is 2.43 bits per heavy atom. The molecule has 0 saturated heterocycles. The summed E-state index contributed by atoms with van der Waals surface area (Å²) < 4.78 is 25.5. The van der Waals surface area contributed by atoms with Crippen molar-refractivity contribution in [3.8, 4) is 0 Å². The molecule has 3 rings (SSSR count). The third-order valence-electron chi connectivity index (χ3n) is 5.10. The molecule has 1 atom stereocenters. The molecule has 2 amide bonds. The van der Waals surface area contributed by atoms with Gasteiger partial charge < -0.3 is 10.6 Å². The van der Waals surface area contributed by atoms with Crippen molar-refractivity contribution in [3.63, 3.8) is 0 Å². The average molecular weight is 447 g/mol. The van der Waals surface area contributed by atoms with E-state index in [4.69, 9.17) is 0 Å². The molecule has 6 nitrogen and oxygen atoms in total. The van der Waals surface area contributed by atoms with Crippen molar-refractivity contribution in [1.29, 1.82) is 0 Å². The second-order valence-corrected chi connectivity index (χ2v) is 10.7. The SMILES string of the molecule is CCc1cccc(CC)c1NC(=O)CCS(=O)(=O)c1ccc2c(c1)NC(=O)[C@H](C)S2. The molecular formula is C22H26N2O4S2. The van der Waals surface area contributed by atoms with Gasteiger partial charge in [0.15, 0.2) is 9.84 Å². The van der Waals surface area contributed by atoms with E-state index in [9.17, 15) is 18.0 Å². The van der Waals surface area contributed by atoms with Crippen molar-refractivity contribution in [2.24, 2.45) is 0 Å². The number of hydrogen-bond donors (Lipinski definition) is 2. The lowest BCUT2D eigenvalue weighted by molar-refractivity contribution is -0.116. The first-order valence-corrected chi connectivity index (χ1v) is 12.5. The number of fused-ring (bicyclic) bond motifs is 1. The number of hydrogen-bond acceptors (Lipinski definition) is 5. The van der Waals surface area contributed by atoms with Crippen LogP contribution < -0.4 is 10.6 Å². The summed E-state index contributed by atoms with van der Waals surface area (Å²) in [4.78, 5) is 25.3. The molecule has 0 aromatic heterocycles. The van der Waals surface area contributed by atoms with Crippen LogP contribution in [0.1, 0.15) is 38.3 Å². The Morgan fingerprint density at radius 2 is 1.80 bits per heavy atom. The number of nitrogens with one attached hydrogen (secondary N) is 2. The van der Waals surface area contributed by atoms with E-state index in [2.05, 4.69) is 10.6 Å². The van der Waals surface area contributed by atoms with Gasteiger partial charge in [-0.3, -0.25) is 9.59 Å². The molecule has 0 spiro atoms. The fourth-order valence-corrected chi connectivity index (χ4v) is 5.52. The van der Waals surface area contributed by atoms with Gasteiger partial charge in [-0.15, -0.1) is 11.8 Å². The molecule has 0 unspecified atom stereocenters. The first-order chi connectivity index (χ1) is 14.2. The van der Waals surface area contributed by atoms with E-state index < -0.39 is 9.84 Å². The molecule has 2 aromatic carbocycles. The maximum Gasteiger partial charge on any atom is 0.237 e. The van der Waals surface area contributed by atoms with Crippen LogP contribution in [0.5, 0.6) is 0 Å². The van der Waals surface area contributed by atoms with Crippen molar-refractivity contribution >= 4 is 44.8 Å². The number of carbonyl (C=O) groups excluding carboxylic acids is 2. The van der Waals surface area contributed by atoms with Crippen LogP contribution in [0.3, 0.4) is 0 Å². The zero-order valence-corrected chi connectivity index (χ0v) is 19.0. The average Bonchev–Trinajstić information content (AvgIpc) is 2.73. The molecule has 1 aliphatic rings. The number of thioether (sulfide) groups is 1.